The zero-order valence-corrected chi connectivity index (χ0v) is 48.1. The molecule has 2 aromatic carbocycles. The molecule has 2 aliphatic rings. The zero-order valence-electron chi connectivity index (χ0n) is 47.2. The highest BCUT2D eigenvalue weighted by Crippen LogP contribution is 2.23. The molecular weight excluding hydrogens is 1080 g/mol. The number of carboxylic acids is 1. The Morgan fingerprint density at radius 2 is 1.13 bits per heavy atom. The molecule has 0 aromatic heterocycles. The number of unbranched alkanes of at least 4 members (excludes halogenated alkanes) is 1. The fourth-order valence-electron chi connectivity index (χ4n) is 9.88. The van der Waals surface area contributed by atoms with Crippen LogP contribution in [0.4, 0.5) is 4.79 Å². The molecule has 10 atom stereocenters. The number of rotatable bonds is 35. The summed E-state index contributed by atoms with van der Waals surface area (Å²) in [5, 5.41) is 28.8. The monoisotopic (exact) mass is 1160 g/mol. The Morgan fingerprint density at radius 3 is 1.66 bits per heavy atom. The summed E-state index contributed by atoms with van der Waals surface area (Å²) < 4.78 is 0. The van der Waals surface area contributed by atoms with Gasteiger partial charge < -0.3 is 75.1 Å². The molecule has 0 radical (unpaired) electrons. The van der Waals surface area contributed by atoms with Gasteiger partial charge in [-0.2, -0.15) is 11.8 Å². The average Bonchev–Trinajstić information content (AvgIpc) is 4.18. The Bertz CT molecular complexity index is 2480. The van der Waals surface area contributed by atoms with Gasteiger partial charge in [-0.05, 0) is 106 Å². The highest BCUT2D eigenvalue weighted by atomic mass is 32.2. The molecule has 26 heteroatoms. The number of nitrogens with one attached hydrogen (secondary N) is 7. The summed E-state index contributed by atoms with van der Waals surface area (Å²) in [5.74, 6) is -7.36. The topological polar surface area (TPSA) is 403 Å². The molecule has 2 aromatic rings. The number of carbonyl (C=O) groups excluding carboxylic acids is 10. The van der Waals surface area contributed by atoms with E-state index in [4.69, 9.17) is 22.9 Å². The molecule has 4 rings (SSSR count). The van der Waals surface area contributed by atoms with Crippen molar-refractivity contribution in [2.45, 2.75) is 165 Å². The molecule has 11 amide bonds. The Balaban J connectivity index is 1.61. The number of likely N-dealkylation sites (tertiary alicyclic amines) is 2. The van der Waals surface area contributed by atoms with Crippen LogP contribution in [0.25, 0.3) is 0 Å². The minimum Gasteiger partial charge on any atom is -0.480 e. The molecule has 2 heterocycles. The Morgan fingerprint density at radius 1 is 0.622 bits per heavy atom. The summed E-state index contributed by atoms with van der Waals surface area (Å²) >= 11 is 1.52. The first kappa shape index (κ1) is 67.2. The van der Waals surface area contributed by atoms with Crippen LogP contribution in [0.3, 0.4) is 0 Å². The van der Waals surface area contributed by atoms with Gasteiger partial charge in [0.2, 0.25) is 53.2 Å². The van der Waals surface area contributed by atoms with Crippen LogP contribution >= 0.6 is 11.8 Å². The number of nitrogens with zero attached hydrogens (tertiary/aromatic N) is 2. The van der Waals surface area contributed by atoms with Crippen molar-refractivity contribution >= 4 is 76.9 Å². The predicted molar refractivity (Wildman–Crippen MR) is 308 cm³/mol. The van der Waals surface area contributed by atoms with Crippen LogP contribution in [-0.4, -0.2) is 173 Å². The van der Waals surface area contributed by atoms with Crippen molar-refractivity contribution in [2.24, 2.45) is 28.9 Å². The van der Waals surface area contributed by atoms with Crippen molar-refractivity contribution in [3.05, 3.63) is 71.8 Å². The minimum absolute atomic E-state index is 0.0343. The molecule has 2 fully saturated rings. The van der Waals surface area contributed by atoms with Crippen LogP contribution in [0.2, 0.25) is 0 Å². The van der Waals surface area contributed by atoms with Gasteiger partial charge in [-0.15, -0.1) is 0 Å². The second kappa shape index (κ2) is 34.8. The summed E-state index contributed by atoms with van der Waals surface area (Å²) in [6, 6.07) is 6.03. The van der Waals surface area contributed by atoms with Crippen LogP contribution in [-0.2, 0) is 60.8 Å². The van der Waals surface area contributed by atoms with Gasteiger partial charge in [-0.25, -0.2) is 9.59 Å². The summed E-state index contributed by atoms with van der Waals surface area (Å²) in [7, 11) is 0. The second-order valence-electron chi connectivity index (χ2n) is 20.9. The number of thioether (sulfide) groups is 1. The van der Waals surface area contributed by atoms with Crippen LogP contribution in [0, 0.1) is 5.92 Å². The van der Waals surface area contributed by atoms with Crippen LogP contribution in [0.15, 0.2) is 60.7 Å². The van der Waals surface area contributed by atoms with Gasteiger partial charge in [-0.3, -0.25) is 43.2 Å². The van der Waals surface area contributed by atoms with Gasteiger partial charge >= 0.3 is 12.0 Å². The lowest BCUT2D eigenvalue weighted by Crippen LogP contribution is -2.61. The van der Waals surface area contributed by atoms with E-state index in [0.29, 0.717) is 61.9 Å². The minimum atomic E-state index is -1.46. The number of nitrogens with two attached hydrogens (primary N) is 4. The Kier molecular flexibility index (Phi) is 28.6. The third-order valence-electron chi connectivity index (χ3n) is 14.7. The van der Waals surface area contributed by atoms with Crippen molar-refractivity contribution < 1.29 is 57.8 Å². The fourth-order valence-corrected chi connectivity index (χ4v) is 10.4. The van der Waals surface area contributed by atoms with E-state index in [1.807, 2.05) is 13.2 Å². The largest absolute Gasteiger partial charge is 0.480 e. The lowest BCUT2D eigenvalue weighted by molar-refractivity contribution is -0.145. The molecule has 0 bridgehead atoms. The Hall–Kier alpha value is -7.32. The molecule has 0 spiro atoms. The molecule has 82 heavy (non-hydrogen) atoms. The number of aliphatic carboxylic acids is 1. The van der Waals surface area contributed by atoms with Crippen molar-refractivity contribution in [3.63, 3.8) is 0 Å². The van der Waals surface area contributed by atoms with E-state index in [2.05, 4.69) is 37.2 Å². The third-order valence-corrected chi connectivity index (χ3v) is 15.4. The van der Waals surface area contributed by atoms with E-state index in [9.17, 15) is 57.8 Å². The molecule has 0 saturated carbocycles. The number of hydrogen-bond donors (Lipinski definition) is 12. The first-order chi connectivity index (χ1) is 39.2. The maximum absolute atomic E-state index is 14.8. The maximum Gasteiger partial charge on any atom is 0.326 e. The third kappa shape index (κ3) is 21.5. The number of carbonyl (C=O) groups is 11. The summed E-state index contributed by atoms with van der Waals surface area (Å²) in [4.78, 5) is 152. The first-order valence-electron chi connectivity index (χ1n) is 28.2. The lowest BCUT2D eigenvalue weighted by Gasteiger charge is -2.32. The quantitative estimate of drug-likeness (QED) is 0.0384. The highest BCUT2D eigenvalue weighted by molar-refractivity contribution is 7.98. The van der Waals surface area contributed by atoms with Gasteiger partial charge in [0.1, 0.15) is 48.3 Å². The number of urea groups is 1. The van der Waals surface area contributed by atoms with E-state index in [-0.39, 0.29) is 77.4 Å². The van der Waals surface area contributed by atoms with Crippen LogP contribution in [0.1, 0.15) is 108 Å². The molecule has 452 valence electrons. The zero-order chi connectivity index (χ0) is 60.3. The first-order valence-corrected chi connectivity index (χ1v) is 29.6. The van der Waals surface area contributed by atoms with Crippen LogP contribution < -0.4 is 60.2 Å². The van der Waals surface area contributed by atoms with Gasteiger partial charge in [0.05, 0.1) is 6.04 Å². The number of amides is 11. The van der Waals surface area contributed by atoms with Gasteiger partial charge in [0.15, 0.2) is 0 Å². The number of benzene rings is 2. The smallest absolute Gasteiger partial charge is 0.326 e. The molecule has 25 nitrogen and oxygen atoms in total. The maximum atomic E-state index is 14.8. The van der Waals surface area contributed by atoms with Gasteiger partial charge in [0.25, 0.3) is 0 Å². The highest BCUT2D eigenvalue weighted by Gasteiger charge is 2.43. The molecule has 0 aliphatic carbocycles. The van der Waals surface area contributed by atoms with Gasteiger partial charge in [0, 0.05) is 38.9 Å². The number of carboxylic acid groups (broad SMARTS) is 1. The van der Waals surface area contributed by atoms with E-state index >= 15 is 0 Å². The van der Waals surface area contributed by atoms with E-state index in [0.717, 1.165) is 0 Å². The predicted octanol–water partition coefficient (Wildman–Crippen LogP) is -0.583. The van der Waals surface area contributed by atoms with E-state index in [1.54, 1.807) is 67.6 Å². The molecular formula is C56H85N13O12S. The number of hydrogen-bond acceptors (Lipinski definition) is 14. The van der Waals surface area contributed by atoms with Crippen LogP contribution in [0.5, 0.6) is 0 Å². The average molecular weight is 1160 g/mol. The van der Waals surface area contributed by atoms with E-state index in [1.165, 1.54) is 21.6 Å². The normalized spacial score (nSPS) is 17.8. The summed E-state index contributed by atoms with van der Waals surface area (Å²) in [6.45, 7) is 4.15. The van der Waals surface area contributed by atoms with Crippen molar-refractivity contribution in [3.8, 4) is 0 Å². The van der Waals surface area contributed by atoms with Crippen molar-refractivity contribution in [1.29, 1.82) is 0 Å². The standard InChI is InChI=1S/C56H85N13O12S/c1-4-34(2)46(67-48(72)38(20-11-12-27-57)62-47(71)37(58)26-31-82-3)52(76)63-39(21-13-28-61-56(60)81)53(77)68-29-14-23-44(68)51(75)65-41(32-35-16-7-5-8-17-35)49(73)66-42(33-36-18-9-6-10-19-36)54(78)69-30-15-22-43(69)50(74)64-40(55(79)80)24-25-45(59)70/h5-10,16-19,34,37-44,46H,4,11-15,20-33,57-58H2,1-3H3,(H2,59,70)(H,62,71)(H,63,76)(H,64,74)(H,65,75)(H,66,73)(H,67,72)(H,79,80)(H3,60,61,81)/t34-,37-,38-,39-,40-,41-,42-,43-,44-,46-/m0/s1. The SMILES string of the molecule is CC[C@H](C)[C@H](NC(=O)[C@H](CCCCN)NC(=O)[C@@H](N)CCSC)C(=O)N[C@@H](CCCNC(N)=O)C(=O)N1CCC[C@H]1C(=O)N[C@@H](Cc1ccccc1)C(=O)N[C@@H](Cc1ccccc1)C(=O)N1CCC[C@H]1C(=O)N[C@@H](CCC(N)=O)C(=O)O. The Labute approximate surface area is 483 Å². The van der Waals surface area contributed by atoms with Crippen molar-refractivity contribution in [2.75, 3.05) is 38.2 Å². The molecule has 16 N–H and O–H groups in total. The van der Waals surface area contributed by atoms with Gasteiger partial charge in [-0.1, -0.05) is 80.9 Å². The fraction of sp³-hybridized carbons (Fsp3) is 0.589. The molecule has 0 unspecified atom stereocenters. The van der Waals surface area contributed by atoms with Crippen molar-refractivity contribution in [1.82, 2.24) is 47.0 Å². The summed E-state index contributed by atoms with van der Waals surface area (Å²) in [6.07, 6.45) is 4.51. The number of primary amides is 2. The molecule has 2 aliphatic heterocycles. The van der Waals surface area contributed by atoms with E-state index < -0.39 is 125 Å². The lowest BCUT2D eigenvalue weighted by atomic mass is 9.96. The summed E-state index contributed by atoms with van der Waals surface area (Å²) in [5.41, 5.74) is 23.7. The molecule has 2 saturated heterocycles. The second-order valence-corrected chi connectivity index (χ2v) is 21.9.